The van der Waals surface area contributed by atoms with Crippen LogP contribution in [-0.4, -0.2) is 39.8 Å². The summed E-state index contributed by atoms with van der Waals surface area (Å²) in [5, 5.41) is 0. The highest BCUT2D eigenvalue weighted by molar-refractivity contribution is 7.84. The van der Waals surface area contributed by atoms with E-state index in [0.29, 0.717) is 0 Å². The van der Waals surface area contributed by atoms with Gasteiger partial charge in [-0.15, -0.1) is 0 Å². The first kappa shape index (κ1) is 18.6. The molecule has 0 amide bonds. The molecule has 0 radical (unpaired) electrons. The second kappa shape index (κ2) is 6.37. The van der Waals surface area contributed by atoms with Crippen LogP contribution in [0, 0.1) is 0 Å². The largest absolute Gasteiger partial charge is 0.468 e. The van der Waals surface area contributed by atoms with Crippen LogP contribution in [0.5, 0.6) is 0 Å². The Hall–Kier alpha value is -1.41. The maximum absolute atomic E-state index is 12.3. The lowest BCUT2D eigenvalue weighted by Crippen LogP contribution is -2.50. The summed E-state index contributed by atoms with van der Waals surface area (Å²) in [6, 6.07) is -1.23. The number of esters is 2. The van der Waals surface area contributed by atoms with Gasteiger partial charge in [-0.25, -0.2) is 18.5 Å². The molecule has 0 fully saturated rings. The second-order valence-corrected chi connectivity index (χ2v) is 8.31. The molecule has 0 spiro atoms. The lowest BCUT2D eigenvalue weighted by Gasteiger charge is -2.34. The number of ether oxygens (including phenoxy) is 3. The van der Waals surface area contributed by atoms with Gasteiger partial charge in [0.05, 0.1) is 22.8 Å². The fraction of sp³-hybridized carbons (Fsp3) is 0.714. The molecule has 1 rings (SSSR count). The molecule has 7 nitrogen and oxygen atoms in total. The van der Waals surface area contributed by atoms with E-state index in [9.17, 15) is 13.8 Å². The summed E-state index contributed by atoms with van der Waals surface area (Å²) in [4.78, 5) is 24.2. The van der Waals surface area contributed by atoms with Gasteiger partial charge in [0.1, 0.15) is 11.3 Å². The minimum atomic E-state index is -1.59. The van der Waals surface area contributed by atoms with Crippen LogP contribution in [-0.2, 0) is 34.8 Å². The van der Waals surface area contributed by atoms with E-state index in [2.05, 4.69) is 4.72 Å². The zero-order valence-corrected chi connectivity index (χ0v) is 14.8. The number of cyclic esters (lactones) is 1. The van der Waals surface area contributed by atoms with E-state index in [-0.39, 0.29) is 11.3 Å². The summed E-state index contributed by atoms with van der Waals surface area (Å²) in [7, 11) is -0.402. The van der Waals surface area contributed by atoms with Crippen molar-refractivity contribution in [3.63, 3.8) is 0 Å². The quantitative estimate of drug-likeness (QED) is 0.777. The summed E-state index contributed by atoms with van der Waals surface area (Å²) in [5.74, 6) is -2.33. The van der Waals surface area contributed by atoms with Crippen molar-refractivity contribution in [1.82, 2.24) is 4.72 Å². The Morgan fingerprint density at radius 1 is 1.32 bits per heavy atom. The Kier molecular flexibility index (Phi) is 5.40. The first-order valence-corrected chi connectivity index (χ1v) is 7.93. The Morgan fingerprint density at radius 2 is 1.86 bits per heavy atom. The molecule has 0 bridgehead atoms. The van der Waals surface area contributed by atoms with Crippen molar-refractivity contribution in [3.05, 3.63) is 11.3 Å². The van der Waals surface area contributed by atoms with Gasteiger partial charge in [0.15, 0.2) is 6.04 Å². The first-order chi connectivity index (χ1) is 9.89. The molecule has 0 saturated carbocycles. The highest BCUT2D eigenvalue weighted by Gasteiger charge is 2.42. The van der Waals surface area contributed by atoms with Gasteiger partial charge in [0.2, 0.25) is 5.79 Å². The Morgan fingerprint density at radius 3 is 2.27 bits per heavy atom. The molecule has 2 atom stereocenters. The van der Waals surface area contributed by atoms with Crippen LogP contribution in [0.25, 0.3) is 0 Å². The average molecular weight is 333 g/mol. The molecular formula is C14H23NO6S. The smallest absolute Gasteiger partial charge is 0.342 e. The summed E-state index contributed by atoms with van der Waals surface area (Å²) in [5.41, 5.74) is -0.0382. The molecule has 1 N–H and O–H groups in total. The van der Waals surface area contributed by atoms with Gasteiger partial charge in [0.25, 0.3) is 0 Å². The predicted octanol–water partition coefficient (Wildman–Crippen LogP) is 1.16. The molecule has 0 aromatic carbocycles. The number of carbonyl (C=O) groups excluding carboxylic acids is 2. The van der Waals surface area contributed by atoms with E-state index in [4.69, 9.17) is 14.2 Å². The molecule has 0 aliphatic carbocycles. The van der Waals surface area contributed by atoms with E-state index in [1.165, 1.54) is 7.11 Å². The third-order valence-corrected chi connectivity index (χ3v) is 4.41. The van der Waals surface area contributed by atoms with Crippen molar-refractivity contribution in [3.8, 4) is 0 Å². The number of hydrogen-bond acceptors (Lipinski definition) is 6. The second-order valence-electron chi connectivity index (χ2n) is 6.32. The van der Waals surface area contributed by atoms with Crippen LogP contribution in [0.4, 0.5) is 0 Å². The zero-order valence-electron chi connectivity index (χ0n) is 13.9. The molecule has 1 aliphatic rings. The first-order valence-electron chi connectivity index (χ1n) is 6.78. The maximum atomic E-state index is 12.3. The average Bonchev–Trinajstić information content (AvgIpc) is 2.32. The van der Waals surface area contributed by atoms with E-state index >= 15 is 0 Å². The molecule has 126 valence electrons. The predicted molar refractivity (Wildman–Crippen MR) is 80.8 cm³/mol. The number of allylic oxidation sites excluding steroid dienone is 1. The molecule has 0 unspecified atom stereocenters. The Balaban J connectivity index is 3.20. The number of methoxy groups -OCH3 is 1. The van der Waals surface area contributed by atoms with Gasteiger partial charge in [-0.05, 0) is 27.7 Å². The number of hydrogen-bond donors (Lipinski definition) is 1. The third-order valence-electron chi connectivity index (χ3n) is 2.84. The van der Waals surface area contributed by atoms with Crippen molar-refractivity contribution in [2.75, 3.05) is 7.11 Å². The monoisotopic (exact) mass is 333 g/mol. The third kappa shape index (κ3) is 4.30. The van der Waals surface area contributed by atoms with Crippen molar-refractivity contribution in [2.24, 2.45) is 0 Å². The Bertz CT molecular complexity index is 532. The van der Waals surface area contributed by atoms with Crippen molar-refractivity contribution < 1.29 is 28.0 Å². The normalized spacial score (nSPS) is 20.8. The van der Waals surface area contributed by atoms with Crippen LogP contribution >= 0.6 is 0 Å². The molecule has 1 heterocycles. The van der Waals surface area contributed by atoms with Gasteiger partial charge in [-0.1, -0.05) is 0 Å². The van der Waals surface area contributed by atoms with E-state index in [1.807, 2.05) is 0 Å². The molecule has 0 aromatic rings. The molecule has 0 saturated heterocycles. The maximum Gasteiger partial charge on any atom is 0.342 e. The van der Waals surface area contributed by atoms with E-state index < -0.39 is 39.5 Å². The highest BCUT2D eigenvalue weighted by Crippen LogP contribution is 2.28. The van der Waals surface area contributed by atoms with Crippen LogP contribution < -0.4 is 4.72 Å². The van der Waals surface area contributed by atoms with Crippen LogP contribution in [0.1, 0.15) is 41.5 Å². The highest BCUT2D eigenvalue weighted by atomic mass is 32.2. The Labute approximate surface area is 133 Å². The molecule has 0 aromatic heterocycles. The van der Waals surface area contributed by atoms with E-state index in [1.54, 1.807) is 41.5 Å². The van der Waals surface area contributed by atoms with Crippen LogP contribution in [0.15, 0.2) is 11.3 Å². The lowest BCUT2D eigenvalue weighted by atomic mass is 10.1. The number of carbonyl (C=O) groups is 2. The van der Waals surface area contributed by atoms with Crippen molar-refractivity contribution >= 4 is 22.9 Å². The zero-order chi connectivity index (χ0) is 17.3. The number of nitrogens with one attached hydrogen (secondary N) is 1. The van der Waals surface area contributed by atoms with Crippen LogP contribution in [0.2, 0.25) is 0 Å². The summed E-state index contributed by atoms with van der Waals surface area (Å²) < 4.78 is 29.6. The summed E-state index contributed by atoms with van der Waals surface area (Å²) >= 11 is 0. The molecular weight excluding hydrogens is 310 g/mol. The fourth-order valence-corrected chi connectivity index (χ4v) is 2.60. The molecule has 1 aliphatic heterocycles. The minimum absolute atomic E-state index is 0.0382. The SMILES string of the molecule is COC(=O)[C@H](N[S@](=O)C(C)(C)C)C1=C(C)OC(C)(C)OC1=O. The minimum Gasteiger partial charge on any atom is -0.468 e. The lowest BCUT2D eigenvalue weighted by molar-refractivity contribution is -0.208. The van der Waals surface area contributed by atoms with Gasteiger partial charge in [0, 0.05) is 13.8 Å². The van der Waals surface area contributed by atoms with Crippen LogP contribution in [0.3, 0.4) is 0 Å². The molecule has 8 heteroatoms. The molecule has 22 heavy (non-hydrogen) atoms. The van der Waals surface area contributed by atoms with Gasteiger partial charge in [-0.3, -0.25) is 0 Å². The number of rotatable bonds is 4. The summed E-state index contributed by atoms with van der Waals surface area (Å²) in [6.45, 7) is 9.94. The van der Waals surface area contributed by atoms with Gasteiger partial charge in [-0.2, -0.15) is 0 Å². The fourth-order valence-electron chi connectivity index (χ4n) is 1.81. The van der Waals surface area contributed by atoms with Crippen molar-refractivity contribution in [1.29, 1.82) is 0 Å². The van der Waals surface area contributed by atoms with E-state index in [0.717, 1.165) is 0 Å². The van der Waals surface area contributed by atoms with Crippen molar-refractivity contribution in [2.45, 2.75) is 58.1 Å². The van der Waals surface area contributed by atoms with Gasteiger partial charge >= 0.3 is 11.9 Å². The van der Waals surface area contributed by atoms with Gasteiger partial charge < -0.3 is 14.2 Å². The summed E-state index contributed by atoms with van der Waals surface area (Å²) in [6.07, 6.45) is 0. The standard InChI is InChI=1S/C14H23NO6S/c1-8-9(11(16)21-14(5,6)20-8)10(12(17)19-7)15-22(18)13(2,3)4/h10,15H,1-7H3/t10-,22-/m1/s1. The topological polar surface area (TPSA) is 90.9 Å².